The second kappa shape index (κ2) is 5.50. The summed E-state index contributed by atoms with van der Waals surface area (Å²) in [5, 5.41) is 19.7. The molecule has 9 heteroatoms. The van der Waals surface area contributed by atoms with Gasteiger partial charge in [-0.25, -0.2) is 0 Å². The maximum Gasteiger partial charge on any atom is 0.325 e. The van der Waals surface area contributed by atoms with Gasteiger partial charge in [-0.2, -0.15) is 15.2 Å². The van der Waals surface area contributed by atoms with Crippen molar-refractivity contribution in [1.29, 1.82) is 5.26 Å². The first-order valence-electron chi connectivity index (χ1n) is 5.16. The lowest BCUT2D eigenvalue weighted by Gasteiger charge is -2.05. The molecule has 0 aliphatic heterocycles. The van der Waals surface area contributed by atoms with Crippen molar-refractivity contribution in [3.63, 3.8) is 0 Å². The second-order valence-corrected chi connectivity index (χ2v) is 4.36. The molecule has 1 heterocycles. The van der Waals surface area contributed by atoms with Crippen LogP contribution in [0.4, 0.5) is 11.5 Å². The van der Waals surface area contributed by atoms with Crippen molar-refractivity contribution in [1.82, 2.24) is 9.97 Å². The summed E-state index contributed by atoms with van der Waals surface area (Å²) >= 11 is 3.11. The molecule has 2 rings (SSSR count). The first-order chi connectivity index (χ1) is 9.49. The minimum absolute atomic E-state index is 0.0773. The fourth-order valence-corrected chi connectivity index (χ4v) is 1.76. The third-order valence-electron chi connectivity index (χ3n) is 2.18. The van der Waals surface area contributed by atoms with Crippen molar-refractivity contribution in [2.75, 3.05) is 5.73 Å². The van der Waals surface area contributed by atoms with Crippen LogP contribution in [0.3, 0.4) is 0 Å². The number of aromatic nitrogens is 2. The van der Waals surface area contributed by atoms with E-state index in [1.165, 1.54) is 18.2 Å². The van der Waals surface area contributed by atoms with Gasteiger partial charge in [-0.3, -0.25) is 10.1 Å². The highest BCUT2D eigenvalue weighted by Crippen LogP contribution is 2.31. The zero-order valence-electron chi connectivity index (χ0n) is 9.78. The average molecular weight is 336 g/mol. The Morgan fingerprint density at radius 3 is 2.75 bits per heavy atom. The van der Waals surface area contributed by atoms with Crippen LogP contribution >= 0.6 is 15.9 Å². The highest BCUT2D eigenvalue weighted by atomic mass is 79.9. The predicted molar refractivity (Wildman–Crippen MR) is 72.0 cm³/mol. The maximum atomic E-state index is 11.0. The molecule has 1 aromatic carbocycles. The molecule has 2 aromatic rings. The number of nitrogen functional groups attached to an aromatic ring is 1. The molecule has 0 bridgehead atoms. The lowest BCUT2D eigenvalue weighted by molar-refractivity contribution is -0.385. The average Bonchev–Trinajstić information content (AvgIpc) is 2.37. The van der Waals surface area contributed by atoms with Crippen molar-refractivity contribution >= 4 is 27.4 Å². The zero-order chi connectivity index (χ0) is 14.7. The van der Waals surface area contributed by atoms with E-state index in [0.717, 1.165) is 6.07 Å². The van der Waals surface area contributed by atoms with Gasteiger partial charge in [0.15, 0.2) is 0 Å². The van der Waals surface area contributed by atoms with Crippen LogP contribution in [0.25, 0.3) is 0 Å². The first-order valence-corrected chi connectivity index (χ1v) is 5.95. The van der Waals surface area contributed by atoms with E-state index in [4.69, 9.17) is 15.7 Å². The number of nitrogens with two attached hydrogens (primary N) is 1. The third kappa shape index (κ3) is 2.99. The van der Waals surface area contributed by atoms with E-state index in [-0.39, 0.29) is 28.8 Å². The Kier molecular flexibility index (Phi) is 3.76. The van der Waals surface area contributed by atoms with E-state index in [1.54, 1.807) is 0 Å². The summed E-state index contributed by atoms with van der Waals surface area (Å²) in [6.07, 6.45) is 0. The van der Waals surface area contributed by atoms with Crippen LogP contribution < -0.4 is 10.5 Å². The number of nitro groups is 1. The Bertz CT molecular complexity index is 708. The second-order valence-electron chi connectivity index (χ2n) is 3.55. The largest absolute Gasteiger partial charge is 0.417 e. The molecule has 0 aliphatic rings. The van der Waals surface area contributed by atoms with Gasteiger partial charge in [0.2, 0.25) is 5.75 Å². The predicted octanol–water partition coefficient (Wildman–Crippen LogP) is 2.39. The first kappa shape index (κ1) is 13.7. The Hall–Kier alpha value is -2.73. The normalized spacial score (nSPS) is 9.80. The summed E-state index contributed by atoms with van der Waals surface area (Å²) in [7, 11) is 0. The summed E-state index contributed by atoms with van der Waals surface area (Å²) < 4.78 is 5.63. The van der Waals surface area contributed by atoms with Crippen molar-refractivity contribution in [3.8, 4) is 17.8 Å². The standard InChI is InChI=1S/C11H6BrN5O3/c12-9-4-10(14)16-11(15-9)20-8-2-1-6(5-13)3-7(8)17(18)19/h1-4H,(H2,14,15,16). The molecule has 0 fully saturated rings. The molecule has 20 heavy (non-hydrogen) atoms. The topological polar surface area (TPSA) is 128 Å². The molecule has 0 saturated carbocycles. The van der Waals surface area contributed by atoms with Gasteiger partial charge in [-0.15, -0.1) is 0 Å². The number of nitrogens with zero attached hydrogens (tertiary/aromatic N) is 4. The zero-order valence-corrected chi connectivity index (χ0v) is 11.4. The fraction of sp³-hybridized carbons (Fsp3) is 0. The van der Waals surface area contributed by atoms with E-state index in [9.17, 15) is 10.1 Å². The summed E-state index contributed by atoms with van der Waals surface area (Å²) in [5.41, 5.74) is 5.31. The van der Waals surface area contributed by atoms with E-state index >= 15 is 0 Å². The fourth-order valence-electron chi connectivity index (χ4n) is 1.37. The van der Waals surface area contributed by atoms with E-state index in [2.05, 4.69) is 25.9 Å². The molecule has 8 nitrogen and oxygen atoms in total. The molecule has 0 radical (unpaired) electrons. The van der Waals surface area contributed by atoms with Gasteiger partial charge in [-0.1, -0.05) is 0 Å². The quantitative estimate of drug-likeness (QED) is 0.517. The van der Waals surface area contributed by atoms with E-state index < -0.39 is 4.92 Å². The molecule has 0 spiro atoms. The van der Waals surface area contributed by atoms with Crippen LogP contribution in [0.15, 0.2) is 28.9 Å². The molecular weight excluding hydrogens is 330 g/mol. The van der Waals surface area contributed by atoms with Crippen molar-refractivity contribution < 1.29 is 9.66 Å². The van der Waals surface area contributed by atoms with Gasteiger partial charge < -0.3 is 10.5 Å². The van der Waals surface area contributed by atoms with Gasteiger partial charge in [0.1, 0.15) is 10.4 Å². The number of ether oxygens (including phenoxy) is 1. The summed E-state index contributed by atoms with van der Waals surface area (Å²) in [5.74, 6) is 0.0738. The molecule has 1 aromatic heterocycles. The number of nitro benzene ring substituents is 1. The molecule has 100 valence electrons. The van der Waals surface area contributed by atoms with Crippen molar-refractivity contribution in [3.05, 3.63) is 44.5 Å². The molecule has 0 atom stereocenters. The molecule has 0 aliphatic carbocycles. The van der Waals surface area contributed by atoms with E-state index in [0.29, 0.717) is 4.60 Å². The number of rotatable bonds is 3. The SMILES string of the molecule is N#Cc1ccc(Oc2nc(N)cc(Br)n2)c([N+](=O)[O-])c1. The molecular formula is C11H6BrN5O3. The van der Waals surface area contributed by atoms with Crippen molar-refractivity contribution in [2.45, 2.75) is 0 Å². The summed E-state index contributed by atoms with van der Waals surface area (Å²) in [6, 6.07) is 6.94. The lowest BCUT2D eigenvalue weighted by atomic mass is 10.2. The Morgan fingerprint density at radius 1 is 1.40 bits per heavy atom. The van der Waals surface area contributed by atoms with Crippen LogP contribution in [0.2, 0.25) is 0 Å². The summed E-state index contributed by atoms with van der Waals surface area (Å²) in [6.45, 7) is 0. The lowest BCUT2D eigenvalue weighted by Crippen LogP contribution is -1.99. The Labute approximate surface area is 121 Å². The van der Waals surface area contributed by atoms with Crippen LogP contribution in [-0.2, 0) is 0 Å². The van der Waals surface area contributed by atoms with Crippen LogP contribution in [0.5, 0.6) is 11.8 Å². The Morgan fingerprint density at radius 2 is 2.15 bits per heavy atom. The van der Waals surface area contributed by atoms with Gasteiger partial charge >= 0.3 is 11.7 Å². The van der Waals surface area contributed by atoms with E-state index in [1.807, 2.05) is 6.07 Å². The third-order valence-corrected chi connectivity index (χ3v) is 2.59. The number of hydrogen-bond donors (Lipinski definition) is 1. The van der Waals surface area contributed by atoms with Crippen LogP contribution in [0, 0.1) is 21.4 Å². The van der Waals surface area contributed by atoms with Crippen LogP contribution in [0.1, 0.15) is 5.56 Å². The summed E-state index contributed by atoms with van der Waals surface area (Å²) in [4.78, 5) is 18.0. The smallest absolute Gasteiger partial charge is 0.325 e. The van der Waals surface area contributed by atoms with Crippen molar-refractivity contribution in [2.24, 2.45) is 0 Å². The molecule has 2 N–H and O–H groups in total. The number of halogens is 1. The molecule has 0 saturated heterocycles. The number of hydrogen-bond acceptors (Lipinski definition) is 7. The van der Waals surface area contributed by atoms with Gasteiger partial charge in [0, 0.05) is 12.1 Å². The highest BCUT2D eigenvalue weighted by Gasteiger charge is 2.18. The van der Waals surface area contributed by atoms with Crippen LogP contribution in [-0.4, -0.2) is 14.9 Å². The molecule has 0 amide bonds. The van der Waals surface area contributed by atoms with Gasteiger partial charge in [-0.05, 0) is 28.1 Å². The number of benzene rings is 1. The maximum absolute atomic E-state index is 11.0. The minimum atomic E-state index is -0.655. The highest BCUT2D eigenvalue weighted by molar-refractivity contribution is 9.10. The van der Waals surface area contributed by atoms with Gasteiger partial charge in [0.25, 0.3) is 0 Å². The Balaban J connectivity index is 2.43. The van der Waals surface area contributed by atoms with Gasteiger partial charge in [0.05, 0.1) is 16.6 Å². The molecule has 0 unspecified atom stereocenters. The minimum Gasteiger partial charge on any atom is -0.417 e. The monoisotopic (exact) mass is 335 g/mol. The number of anilines is 1. The number of nitriles is 1.